The van der Waals surface area contributed by atoms with E-state index >= 15 is 0 Å². The van der Waals surface area contributed by atoms with Gasteiger partial charge in [-0.2, -0.15) is 0 Å². The van der Waals surface area contributed by atoms with Crippen molar-refractivity contribution in [3.63, 3.8) is 0 Å². The lowest BCUT2D eigenvalue weighted by Crippen LogP contribution is -2.53. The van der Waals surface area contributed by atoms with Crippen LogP contribution < -0.4 is 10.6 Å². The summed E-state index contributed by atoms with van der Waals surface area (Å²) in [4.78, 5) is 33.5. The second-order valence-corrected chi connectivity index (χ2v) is 9.61. The second-order valence-electron chi connectivity index (χ2n) is 9.61. The van der Waals surface area contributed by atoms with Crippen molar-refractivity contribution in [2.24, 2.45) is 10.9 Å². The predicted molar refractivity (Wildman–Crippen MR) is 142 cm³/mol. The van der Waals surface area contributed by atoms with Crippen molar-refractivity contribution >= 4 is 47.6 Å². The first-order valence-electron chi connectivity index (χ1n) is 11.6. The topological polar surface area (TPSA) is 86.3 Å². The molecule has 3 rings (SSSR count). The van der Waals surface area contributed by atoms with E-state index in [2.05, 4.69) is 20.5 Å². The summed E-state index contributed by atoms with van der Waals surface area (Å²) in [5.74, 6) is 1.20. The Kier molecular flexibility index (Phi) is 10.2. The molecule has 0 unspecified atom stereocenters. The number of nitrogens with zero attached hydrogens (tertiary/aromatic N) is 3. The predicted octanol–water partition coefficient (Wildman–Crippen LogP) is 3.93. The molecule has 1 saturated heterocycles. The summed E-state index contributed by atoms with van der Waals surface area (Å²) < 4.78 is 5.68. The van der Waals surface area contributed by atoms with Crippen LogP contribution in [0.15, 0.2) is 35.3 Å². The Balaban J connectivity index is 0.00000385. The molecule has 8 nitrogen and oxygen atoms in total. The number of rotatable bonds is 6. The van der Waals surface area contributed by atoms with Gasteiger partial charge in [-0.05, 0) is 64.5 Å². The number of halogens is 1. The maximum Gasteiger partial charge on any atom is 0.410 e. The number of carbonyl (C=O) groups is 2. The highest BCUT2D eigenvalue weighted by Gasteiger charge is 2.35. The van der Waals surface area contributed by atoms with Gasteiger partial charge in [-0.3, -0.25) is 9.79 Å². The molecule has 1 aliphatic heterocycles. The third-order valence-electron chi connectivity index (χ3n) is 5.66. The van der Waals surface area contributed by atoms with Gasteiger partial charge in [0.05, 0.1) is 6.54 Å². The van der Waals surface area contributed by atoms with Crippen LogP contribution in [0.2, 0.25) is 0 Å². The second kappa shape index (κ2) is 12.4. The molecule has 1 saturated carbocycles. The number of aliphatic imine (C=N–C) groups is 1. The van der Waals surface area contributed by atoms with E-state index in [4.69, 9.17) is 4.74 Å². The molecule has 0 aromatic heterocycles. The van der Waals surface area contributed by atoms with Gasteiger partial charge in [-0.1, -0.05) is 18.2 Å². The van der Waals surface area contributed by atoms with E-state index < -0.39 is 5.60 Å². The fourth-order valence-corrected chi connectivity index (χ4v) is 3.88. The summed E-state index contributed by atoms with van der Waals surface area (Å²) in [6.45, 7) is 8.20. The maximum atomic E-state index is 12.8. The molecule has 0 bridgehead atoms. The van der Waals surface area contributed by atoms with Gasteiger partial charge in [0.1, 0.15) is 5.60 Å². The molecule has 9 heteroatoms. The zero-order valence-corrected chi connectivity index (χ0v) is 22.5. The molecular formula is C24H38IN5O3. The molecule has 2 fully saturated rings. The molecule has 1 aliphatic carbocycles. The van der Waals surface area contributed by atoms with E-state index in [0.717, 1.165) is 38.2 Å². The Morgan fingerprint density at radius 3 is 2.30 bits per heavy atom. The third-order valence-corrected chi connectivity index (χ3v) is 5.66. The molecule has 184 valence electrons. The Hall–Kier alpha value is -2.04. The quantitative estimate of drug-likeness (QED) is 0.307. The molecule has 1 aromatic rings. The number of anilines is 1. The van der Waals surface area contributed by atoms with Gasteiger partial charge in [0.2, 0.25) is 5.91 Å². The van der Waals surface area contributed by atoms with E-state index in [9.17, 15) is 9.59 Å². The molecule has 0 radical (unpaired) electrons. The number of para-hydroxylation sites is 1. The van der Waals surface area contributed by atoms with Crippen LogP contribution in [0.3, 0.4) is 0 Å². The SMILES string of the molecule is CN=C(NCC(=O)Nc1ccccc1)N1CCC(N(CC2CC2)C(=O)OC(C)(C)C)CC1.I. The number of hydrogen-bond acceptors (Lipinski definition) is 4. The van der Waals surface area contributed by atoms with Crippen molar-refractivity contribution in [3.8, 4) is 0 Å². The number of carbonyl (C=O) groups excluding carboxylic acids is 2. The number of guanidine groups is 1. The first kappa shape index (κ1) is 27.2. The van der Waals surface area contributed by atoms with Crippen LogP contribution in [-0.2, 0) is 9.53 Å². The number of piperidine rings is 1. The summed E-state index contributed by atoms with van der Waals surface area (Å²) in [6, 6.07) is 9.56. The minimum absolute atomic E-state index is 0. The number of nitrogens with one attached hydrogen (secondary N) is 2. The van der Waals surface area contributed by atoms with Crippen molar-refractivity contribution in [2.75, 3.05) is 38.5 Å². The standard InChI is InChI=1S/C24H37N5O3.HI/c1-24(2,3)32-23(31)29(17-18-10-11-18)20-12-14-28(15-13-20)22(25-4)26-16-21(30)27-19-8-6-5-7-9-19;/h5-9,18,20H,10-17H2,1-4H3,(H,25,26)(H,27,30);1H. The normalized spacial score (nSPS) is 17.1. The van der Waals surface area contributed by atoms with Crippen LogP contribution in [-0.4, -0.2) is 72.6 Å². The van der Waals surface area contributed by atoms with Gasteiger partial charge in [0, 0.05) is 38.4 Å². The van der Waals surface area contributed by atoms with Crippen LogP contribution in [0, 0.1) is 5.92 Å². The largest absolute Gasteiger partial charge is 0.444 e. The van der Waals surface area contributed by atoms with Crippen molar-refractivity contribution in [3.05, 3.63) is 30.3 Å². The average molecular weight is 572 g/mol. The molecule has 2 amide bonds. The lowest BCUT2D eigenvalue weighted by molar-refractivity contribution is -0.115. The minimum atomic E-state index is -0.494. The Labute approximate surface area is 214 Å². The van der Waals surface area contributed by atoms with Crippen molar-refractivity contribution in [2.45, 2.75) is 58.1 Å². The van der Waals surface area contributed by atoms with Crippen molar-refractivity contribution in [1.29, 1.82) is 0 Å². The van der Waals surface area contributed by atoms with Gasteiger partial charge >= 0.3 is 6.09 Å². The third kappa shape index (κ3) is 9.02. The summed E-state index contributed by atoms with van der Waals surface area (Å²) in [7, 11) is 1.73. The summed E-state index contributed by atoms with van der Waals surface area (Å²) in [5, 5.41) is 6.03. The molecule has 1 heterocycles. The van der Waals surface area contributed by atoms with E-state index in [0.29, 0.717) is 11.9 Å². The van der Waals surface area contributed by atoms with E-state index in [-0.39, 0.29) is 48.6 Å². The number of hydrogen-bond donors (Lipinski definition) is 2. The molecule has 2 N–H and O–H groups in total. The first-order chi connectivity index (χ1) is 15.2. The van der Waals surface area contributed by atoms with E-state index in [1.165, 1.54) is 12.8 Å². The van der Waals surface area contributed by atoms with E-state index in [1.807, 2.05) is 56.0 Å². The average Bonchev–Trinajstić information content (AvgIpc) is 3.57. The van der Waals surface area contributed by atoms with E-state index in [1.54, 1.807) is 7.05 Å². The van der Waals surface area contributed by atoms with Gasteiger partial charge in [0.15, 0.2) is 5.96 Å². The molecule has 1 aromatic carbocycles. The van der Waals surface area contributed by atoms with Crippen LogP contribution in [0.1, 0.15) is 46.5 Å². The van der Waals surface area contributed by atoms with Crippen LogP contribution in [0.25, 0.3) is 0 Å². The molecule has 0 atom stereocenters. The number of benzene rings is 1. The highest BCUT2D eigenvalue weighted by atomic mass is 127. The molecule has 2 aliphatic rings. The van der Waals surface area contributed by atoms with Crippen LogP contribution >= 0.6 is 24.0 Å². The van der Waals surface area contributed by atoms with Gasteiger partial charge in [-0.25, -0.2) is 4.79 Å². The van der Waals surface area contributed by atoms with Crippen molar-refractivity contribution < 1.29 is 14.3 Å². The number of ether oxygens (including phenoxy) is 1. The fraction of sp³-hybridized carbons (Fsp3) is 0.625. The zero-order valence-electron chi connectivity index (χ0n) is 20.2. The Morgan fingerprint density at radius 1 is 1.12 bits per heavy atom. The van der Waals surface area contributed by atoms with Crippen LogP contribution in [0.4, 0.5) is 10.5 Å². The maximum absolute atomic E-state index is 12.8. The van der Waals surface area contributed by atoms with Crippen molar-refractivity contribution in [1.82, 2.24) is 15.1 Å². The highest BCUT2D eigenvalue weighted by Crippen LogP contribution is 2.32. The van der Waals surface area contributed by atoms with Gasteiger partial charge < -0.3 is 25.2 Å². The Morgan fingerprint density at radius 2 is 1.76 bits per heavy atom. The lowest BCUT2D eigenvalue weighted by atomic mass is 10.0. The number of likely N-dealkylation sites (tertiary alicyclic amines) is 1. The molecular weight excluding hydrogens is 533 g/mol. The fourth-order valence-electron chi connectivity index (χ4n) is 3.88. The monoisotopic (exact) mass is 571 g/mol. The zero-order chi connectivity index (χ0) is 23.1. The molecule has 0 spiro atoms. The molecule has 33 heavy (non-hydrogen) atoms. The first-order valence-corrected chi connectivity index (χ1v) is 11.6. The van der Waals surface area contributed by atoms with Gasteiger partial charge in [-0.15, -0.1) is 24.0 Å². The number of amides is 2. The summed E-state index contributed by atoms with van der Waals surface area (Å²) >= 11 is 0. The van der Waals surface area contributed by atoms with Gasteiger partial charge in [0.25, 0.3) is 0 Å². The Bertz CT molecular complexity index is 800. The highest BCUT2D eigenvalue weighted by molar-refractivity contribution is 14.0. The smallest absolute Gasteiger partial charge is 0.410 e. The lowest BCUT2D eigenvalue weighted by Gasteiger charge is -2.40. The van der Waals surface area contributed by atoms with Crippen LogP contribution in [0.5, 0.6) is 0 Å². The minimum Gasteiger partial charge on any atom is -0.444 e. The summed E-state index contributed by atoms with van der Waals surface area (Å²) in [5.41, 5.74) is 0.277. The summed E-state index contributed by atoms with van der Waals surface area (Å²) in [6.07, 6.45) is 3.88.